The van der Waals surface area contributed by atoms with Gasteiger partial charge in [0, 0.05) is 6.54 Å². The summed E-state index contributed by atoms with van der Waals surface area (Å²) in [6.07, 6.45) is -1.31. The molecule has 0 saturated carbocycles. The number of halogens is 2. The van der Waals surface area contributed by atoms with Crippen molar-refractivity contribution >= 4 is 12.2 Å². The first-order chi connectivity index (χ1) is 12.6. The second kappa shape index (κ2) is 6.98. The molecule has 2 aliphatic heterocycles. The fourth-order valence-corrected chi connectivity index (χ4v) is 3.58. The highest BCUT2D eigenvalue weighted by Gasteiger charge is 2.62. The molecule has 6 nitrogen and oxygen atoms in total. The van der Waals surface area contributed by atoms with Gasteiger partial charge in [0.15, 0.2) is 0 Å². The Bertz CT molecular complexity index is 705. The molecule has 0 N–H and O–H groups in total. The van der Waals surface area contributed by atoms with Gasteiger partial charge in [0.05, 0.1) is 12.6 Å². The monoisotopic (exact) mass is 382 g/mol. The minimum absolute atomic E-state index is 0.00884. The fourth-order valence-electron chi connectivity index (χ4n) is 3.58. The van der Waals surface area contributed by atoms with Gasteiger partial charge in [0.1, 0.15) is 18.2 Å². The third-order valence-electron chi connectivity index (χ3n) is 4.65. The number of carbonyl (C=O) groups excluding carboxylic acids is 2. The Kier molecular flexibility index (Phi) is 5.01. The number of amides is 2. The third-order valence-corrected chi connectivity index (χ3v) is 4.65. The zero-order chi connectivity index (χ0) is 19.8. The highest BCUT2D eigenvalue weighted by atomic mass is 19.3. The number of ether oxygens (including phenoxy) is 2. The van der Waals surface area contributed by atoms with Crippen molar-refractivity contribution < 1.29 is 27.8 Å². The number of fused-ring (bicyclic) bond motifs is 1. The summed E-state index contributed by atoms with van der Waals surface area (Å²) in [5.41, 5.74) is -0.00710. The minimum atomic E-state index is -3.22. The van der Waals surface area contributed by atoms with E-state index in [1.54, 1.807) is 45.0 Å². The predicted molar refractivity (Wildman–Crippen MR) is 93.4 cm³/mol. The number of hydrogen-bond acceptors (Lipinski definition) is 4. The molecule has 2 fully saturated rings. The van der Waals surface area contributed by atoms with Crippen molar-refractivity contribution in [3.05, 3.63) is 35.9 Å². The van der Waals surface area contributed by atoms with E-state index in [2.05, 4.69) is 0 Å². The van der Waals surface area contributed by atoms with Crippen LogP contribution in [0.2, 0.25) is 0 Å². The van der Waals surface area contributed by atoms with Gasteiger partial charge in [-0.1, -0.05) is 30.3 Å². The maximum absolute atomic E-state index is 14.6. The second-order valence-electron chi connectivity index (χ2n) is 7.90. The maximum Gasteiger partial charge on any atom is 0.410 e. The van der Waals surface area contributed by atoms with Crippen molar-refractivity contribution in [2.24, 2.45) is 0 Å². The summed E-state index contributed by atoms with van der Waals surface area (Å²) in [5, 5.41) is 0. The average Bonchev–Trinajstić information content (AvgIpc) is 3.12. The van der Waals surface area contributed by atoms with Gasteiger partial charge < -0.3 is 9.47 Å². The molecule has 2 heterocycles. The molecule has 2 aliphatic rings. The van der Waals surface area contributed by atoms with Crippen molar-refractivity contribution in [2.75, 3.05) is 13.1 Å². The van der Waals surface area contributed by atoms with E-state index in [0.717, 1.165) is 15.4 Å². The molecule has 27 heavy (non-hydrogen) atoms. The molecule has 148 valence electrons. The van der Waals surface area contributed by atoms with E-state index in [0.29, 0.717) is 0 Å². The summed E-state index contributed by atoms with van der Waals surface area (Å²) in [7, 11) is 0. The summed E-state index contributed by atoms with van der Waals surface area (Å²) >= 11 is 0. The van der Waals surface area contributed by atoms with Crippen molar-refractivity contribution in [1.82, 2.24) is 9.80 Å². The Morgan fingerprint density at radius 1 is 1.15 bits per heavy atom. The van der Waals surface area contributed by atoms with Gasteiger partial charge in [-0.15, -0.1) is 0 Å². The van der Waals surface area contributed by atoms with E-state index in [1.807, 2.05) is 6.07 Å². The molecule has 0 aromatic heterocycles. The van der Waals surface area contributed by atoms with Gasteiger partial charge in [0.25, 0.3) is 5.92 Å². The number of likely N-dealkylation sites (tertiary alicyclic amines) is 2. The average molecular weight is 382 g/mol. The largest absolute Gasteiger partial charge is 0.445 e. The van der Waals surface area contributed by atoms with E-state index in [1.165, 1.54) is 0 Å². The molecule has 3 rings (SSSR count). The Morgan fingerprint density at radius 3 is 2.44 bits per heavy atom. The molecule has 0 bridgehead atoms. The first-order valence-electron chi connectivity index (χ1n) is 8.93. The van der Waals surface area contributed by atoms with Gasteiger partial charge >= 0.3 is 12.2 Å². The number of benzene rings is 1. The van der Waals surface area contributed by atoms with Crippen LogP contribution in [0.3, 0.4) is 0 Å². The van der Waals surface area contributed by atoms with Crippen LogP contribution in [-0.2, 0) is 16.1 Å². The smallest absolute Gasteiger partial charge is 0.410 e. The third kappa shape index (κ3) is 4.14. The molecule has 2 unspecified atom stereocenters. The van der Waals surface area contributed by atoms with E-state index < -0.39 is 42.3 Å². The van der Waals surface area contributed by atoms with Crippen LogP contribution < -0.4 is 0 Å². The summed E-state index contributed by atoms with van der Waals surface area (Å²) in [5.74, 6) is -3.22. The van der Waals surface area contributed by atoms with Gasteiger partial charge in [-0.2, -0.15) is 0 Å². The van der Waals surface area contributed by atoms with Crippen molar-refractivity contribution in [3.8, 4) is 0 Å². The number of alkyl halides is 2. The van der Waals surface area contributed by atoms with Crippen LogP contribution >= 0.6 is 0 Å². The number of rotatable bonds is 2. The summed E-state index contributed by atoms with van der Waals surface area (Å²) < 4.78 is 39.7. The molecule has 2 saturated heterocycles. The first-order valence-corrected chi connectivity index (χ1v) is 8.93. The van der Waals surface area contributed by atoms with Crippen LogP contribution in [0.25, 0.3) is 0 Å². The lowest BCUT2D eigenvalue weighted by Gasteiger charge is -2.27. The van der Waals surface area contributed by atoms with Crippen LogP contribution in [0, 0.1) is 0 Å². The van der Waals surface area contributed by atoms with Gasteiger partial charge in [-0.25, -0.2) is 18.4 Å². The summed E-state index contributed by atoms with van der Waals surface area (Å²) in [4.78, 5) is 26.8. The molecule has 2 amide bonds. The van der Waals surface area contributed by atoms with E-state index in [9.17, 15) is 18.4 Å². The molecular formula is C19H24F2N2O4. The van der Waals surface area contributed by atoms with Gasteiger partial charge in [0.2, 0.25) is 0 Å². The predicted octanol–water partition coefficient (Wildman–Crippen LogP) is 3.65. The van der Waals surface area contributed by atoms with Crippen molar-refractivity contribution in [3.63, 3.8) is 0 Å². The highest BCUT2D eigenvalue weighted by molar-refractivity contribution is 5.72. The van der Waals surface area contributed by atoms with Crippen LogP contribution in [0.5, 0.6) is 0 Å². The molecule has 0 radical (unpaired) electrons. The summed E-state index contributed by atoms with van der Waals surface area (Å²) in [6, 6.07) is 6.84. The maximum atomic E-state index is 14.6. The highest BCUT2D eigenvalue weighted by Crippen LogP contribution is 2.42. The second-order valence-corrected chi connectivity index (χ2v) is 7.90. The minimum Gasteiger partial charge on any atom is -0.445 e. The fraction of sp³-hybridized carbons (Fsp3) is 0.579. The van der Waals surface area contributed by atoms with Crippen LogP contribution in [0.4, 0.5) is 18.4 Å². The van der Waals surface area contributed by atoms with Crippen LogP contribution in [-0.4, -0.2) is 58.7 Å². The number of nitrogens with zero attached hydrogens (tertiary/aromatic N) is 2. The van der Waals surface area contributed by atoms with Crippen LogP contribution in [0.15, 0.2) is 30.3 Å². The lowest BCUT2D eigenvalue weighted by Crippen LogP contribution is -2.48. The first kappa shape index (κ1) is 19.4. The van der Waals surface area contributed by atoms with Gasteiger partial charge in [-0.05, 0) is 32.8 Å². The molecule has 0 spiro atoms. The zero-order valence-electron chi connectivity index (χ0n) is 15.7. The number of hydrogen-bond donors (Lipinski definition) is 0. The van der Waals surface area contributed by atoms with E-state index in [-0.39, 0.29) is 19.6 Å². The molecule has 0 aliphatic carbocycles. The zero-order valence-corrected chi connectivity index (χ0v) is 15.7. The van der Waals surface area contributed by atoms with Crippen molar-refractivity contribution in [1.29, 1.82) is 0 Å². The Labute approximate surface area is 157 Å². The van der Waals surface area contributed by atoms with Crippen LogP contribution in [0.1, 0.15) is 32.8 Å². The quantitative estimate of drug-likeness (QED) is 0.783. The normalized spacial score (nSPS) is 23.9. The SMILES string of the molecule is CC(C)(C)OC(=O)N1CC(F)(F)C2C1CCN2C(=O)OCc1ccccc1. The Hall–Kier alpha value is -2.38. The van der Waals surface area contributed by atoms with Crippen molar-refractivity contribution in [2.45, 2.75) is 57.4 Å². The topological polar surface area (TPSA) is 59.1 Å². The molecule has 8 heteroatoms. The number of carbonyl (C=O) groups is 2. The molecular weight excluding hydrogens is 358 g/mol. The molecule has 1 aromatic carbocycles. The lowest BCUT2D eigenvalue weighted by atomic mass is 10.1. The standard InChI is InChI=1S/C19H24F2N2O4/c1-18(2,3)27-17(25)23-12-19(20,21)15-14(23)9-10-22(15)16(24)26-11-13-7-5-4-6-8-13/h4-8,14-15H,9-12H2,1-3H3. The molecule has 1 aromatic rings. The Balaban J connectivity index is 1.68. The lowest BCUT2D eigenvalue weighted by molar-refractivity contribution is -0.0446. The Morgan fingerprint density at radius 2 is 1.81 bits per heavy atom. The molecule has 2 atom stereocenters. The van der Waals surface area contributed by atoms with Gasteiger partial charge in [-0.3, -0.25) is 9.80 Å². The van der Waals surface area contributed by atoms with E-state index >= 15 is 0 Å². The van der Waals surface area contributed by atoms with E-state index in [4.69, 9.17) is 9.47 Å². The summed E-state index contributed by atoms with van der Waals surface area (Å²) in [6.45, 7) is 4.39.